The summed E-state index contributed by atoms with van der Waals surface area (Å²) in [5.74, 6) is -0.0424. The maximum atomic E-state index is 12.8. The number of ether oxygens (including phenoxy) is 1. The summed E-state index contributed by atoms with van der Waals surface area (Å²) in [6.07, 6.45) is 0.0276. The first-order valence-electron chi connectivity index (χ1n) is 6.39. The lowest BCUT2D eigenvalue weighted by Crippen LogP contribution is -2.41. The van der Waals surface area contributed by atoms with E-state index in [2.05, 4.69) is 9.97 Å². The number of sulfonamides is 1. The van der Waals surface area contributed by atoms with Crippen molar-refractivity contribution in [1.82, 2.24) is 9.97 Å². The highest BCUT2D eigenvalue weighted by atomic mass is 35.5. The van der Waals surface area contributed by atoms with Gasteiger partial charge in [-0.2, -0.15) is 0 Å². The quantitative estimate of drug-likeness (QED) is 0.764. The number of carbonyl (C=O) groups excluding carboxylic acids is 1. The van der Waals surface area contributed by atoms with Gasteiger partial charge < -0.3 is 4.74 Å². The number of carbonyl (C=O) groups is 1. The molecular formula is C13H14ClN3O4S2. The highest BCUT2D eigenvalue weighted by Gasteiger charge is 2.36. The monoisotopic (exact) mass is 375 g/mol. The Labute approximate surface area is 142 Å². The molecule has 0 aliphatic carbocycles. The van der Waals surface area contributed by atoms with E-state index >= 15 is 0 Å². The summed E-state index contributed by atoms with van der Waals surface area (Å²) in [5.41, 5.74) is 0.557. The van der Waals surface area contributed by atoms with Crippen molar-refractivity contribution in [2.75, 3.05) is 4.31 Å². The van der Waals surface area contributed by atoms with Crippen molar-refractivity contribution < 1.29 is 17.9 Å². The van der Waals surface area contributed by atoms with Gasteiger partial charge in [-0.05, 0) is 32.9 Å². The Bertz CT molecular complexity index is 784. The third-order valence-corrected chi connectivity index (χ3v) is 4.88. The van der Waals surface area contributed by atoms with Gasteiger partial charge in [-0.3, -0.25) is 0 Å². The smallest absolute Gasteiger partial charge is 0.430 e. The fraction of sp³-hybridized carbons (Fsp3) is 0.308. The van der Waals surface area contributed by atoms with Crippen molar-refractivity contribution in [3.05, 3.63) is 34.4 Å². The van der Waals surface area contributed by atoms with Crippen LogP contribution in [0.3, 0.4) is 0 Å². The second-order valence-electron chi connectivity index (χ2n) is 5.41. The van der Waals surface area contributed by atoms with E-state index < -0.39 is 21.7 Å². The maximum absolute atomic E-state index is 12.8. The standard InChI is InChI=1S/C13H14ClN3O4S2/c1-13(2,3)21-12(18)17(11-7-22-8-16-11)23(19,20)9-4-5-10(14)15-6-9/h4-8H,1-3H3. The van der Waals surface area contributed by atoms with Gasteiger partial charge in [-0.15, -0.1) is 15.6 Å². The van der Waals surface area contributed by atoms with Gasteiger partial charge in [-0.25, -0.2) is 23.2 Å². The van der Waals surface area contributed by atoms with Crippen LogP contribution in [0.1, 0.15) is 20.8 Å². The number of thiazole rings is 1. The summed E-state index contributed by atoms with van der Waals surface area (Å²) in [5, 5.41) is 1.58. The second kappa shape index (κ2) is 6.42. The Hall–Kier alpha value is -1.71. The zero-order valence-electron chi connectivity index (χ0n) is 12.6. The summed E-state index contributed by atoms with van der Waals surface area (Å²) in [7, 11) is -4.23. The number of nitrogens with zero attached hydrogens (tertiary/aromatic N) is 3. The van der Waals surface area contributed by atoms with Crippen molar-refractivity contribution in [2.24, 2.45) is 0 Å². The first-order chi connectivity index (χ1) is 10.6. The molecule has 2 rings (SSSR count). The minimum absolute atomic E-state index is 0.0424. The van der Waals surface area contributed by atoms with E-state index in [-0.39, 0.29) is 15.9 Å². The largest absolute Gasteiger partial charge is 0.443 e. The Morgan fingerprint density at radius 1 is 1.30 bits per heavy atom. The van der Waals surface area contributed by atoms with Crippen LogP contribution in [0.2, 0.25) is 5.15 Å². The Kier molecular flexibility index (Phi) is 4.92. The molecule has 0 spiro atoms. The van der Waals surface area contributed by atoms with Crippen molar-refractivity contribution in [1.29, 1.82) is 0 Å². The second-order valence-corrected chi connectivity index (χ2v) is 8.31. The third kappa shape index (κ3) is 4.18. The average Bonchev–Trinajstić information content (AvgIpc) is 2.90. The molecule has 2 aromatic heterocycles. The minimum Gasteiger partial charge on any atom is -0.443 e. The fourth-order valence-corrected chi connectivity index (χ4v) is 3.46. The molecule has 0 bridgehead atoms. The number of aromatic nitrogens is 2. The zero-order valence-corrected chi connectivity index (χ0v) is 14.9. The molecule has 0 atom stereocenters. The molecule has 0 N–H and O–H groups in total. The molecule has 0 saturated carbocycles. The van der Waals surface area contributed by atoms with Crippen LogP contribution in [0, 0.1) is 0 Å². The Morgan fingerprint density at radius 2 is 2.00 bits per heavy atom. The van der Waals surface area contributed by atoms with Crippen LogP contribution in [-0.2, 0) is 14.8 Å². The summed E-state index contributed by atoms with van der Waals surface area (Å²) in [6.45, 7) is 4.92. The van der Waals surface area contributed by atoms with E-state index in [1.54, 1.807) is 20.8 Å². The molecule has 2 aromatic rings. The van der Waals surface area contributed by atoms with Gasteiger partial charge in [0.25, 0.3) is 10.0 Å². The normalized spacial score (nSPS) is 12.0. The van der Waals surface area contributed by atoms with Crippen molar-refractivity contribution in [2.45, 2.75) is 31.3 Å². The van der Waals surface area contributed by atoms with Gasteiger partial charge in [-0.1, -0.05) is 11.6 Å². The number of anilines is 1. The molecule has 0 aliphatic rings. The molecule has 1 amide bonds. The number of rotatable bonds is 3. The zero-order chi connectivity index (χ0) is 17.3. The van der Waals surface area contributed by atoms with Crippen LogP contribution in [-0.4, -0.2) is 30.1 Å². The molecule has 124 valence electrons. The maximum Gasteiger partial charge on any atom is 0.430 e. The van der Waals surface area contributed by atoms with Crippen molar-refractivity contribution in [3.63, 3.8) is 0 Å². The fourth-order valence-electron chi connectivity index (χ4n) is 1.54. The van der Waals surface area contributed by atoms with Crippen molar-refractivity contribution >= 4 is 44.9 Å². The predicted molar refractivity (Wildman–Crippen MR) is 87.3 cm³/mol. The number of hydrogen-bond acceptors (Lipinski definition) is 7. The summed E-state index contributed by atoms with van der Waals surface area (Å²) >= 11 is 6.82. The average molecular weight is 376 g/mol. The molecule has 0 aliphatic heterocycles. The molecule has 7 nitrogen and oxygen atoms in total. The van der Waals surface area contributed by atoms with Crippen molar-refractivity contribution in [3.8, 4) is 0 Å². The van der Waals surface area contributed by atoms with Crippen LogP contribution >= 0.6 is 22.9 Å². The molecule has 23 heavy (non-hydrogen) atoms. The van der Waals surface area contributed by atoms with E-state index in [1.807, 2.05) is 0 Å². The summed E-state index contributed by atoms with van der Waals surface area (Å²) in [6, 6.07) is 2.58. The first-order valence-corrected chi connectivity index (χ1v) is 9.15. The van der Waals surface area contributed by atoms with Gasteiger partial charge in [0.05, 0.1) is 5.51 Å². The van der Waals surface area contributed by atoms with E-state index in [0.717, 1.165) is 17.5 Å². The van der Waals surface area contributed by atoms with Gasteiger partial charge in [0.1, 0.15) is 15.6 Å². The highest BCUT2D eigenvalue weighted by molar-refractivity contribution is 7.93. The third-order valence-electron chi connectivity index (χ3n) is 2.43. The first kappa shape index (κ1) is 17.6. The van der Waals surface area contributed by atoms with Gasteiger partial charge >= 0.3 is 6.09 Å². The molecule has 0 unspecified atom stereocenters. The number of pyridine rings is 1. The van der Waals surface area contributed by atoms with Gasteiger partial charge in [0, 0.05) is 11.6 Å². The van der Waals surface area contributed by atoms with Gasteiger partial charge in [0.15, 0.2) is 5.82 Å². The predicted octanol–water partition coefficient (Wildman–Crippen LogP) is 3.32. The Balaban J connectivity index is 2.49. The van der Waals surface area contributed by atoms with Gasteiger partial charge in [0.2, 0.25) is 0 Å². The molecule has 2 heterocycles. The highest BCUT2D eigenvalue weighted by Crippen LogP contribution is 2.26. The molecule has 10 heteroatoms. The lowest BCUT2D eigenvalue weighted by Gasteiger charge is -2.25. The van der Waals surface area contributed by atoms with Crippen LogP contribution in [0.5, 0.6) is 0 Å². The molecule has 0 aromatic carbocycles. The topological polar surface area (TPSA) is 89.5 Å². The van der Waals surface area contributed by atoms with Crippen LogP contribution in [0.4, 0.5) is 10.6 Å². The van der Waals surface area contributed by atoms with Crippen LogP contribution in [0.25, 0.3) is 0 Å². The lowest BCUT2D eigenvalue weighted by molar-refractivity contribution is 0.0608. The van der Waals surface area contributed by atoms with Crippen LogP contribution in [0.15, 0.2) is 34.1 Å². The number of amides is 1. The number of hydrogen-bond donors (Lipinski definition) is 0. The molecule has 0 fully saturated rings. The summed E-state index contributed by atoms with van der Waals surface area (Å²) < 4.78 is 31.2. The lowest BCUT2D eigenvalue weighted by atomic mass is 10.2. The summed E-state index contributed by atoms with van der Waals surface area (Å²) in [4.78, 5) is 19.8. The SMILES string of the molecule is CC(C)(C)OC(=O)N(c1cscn1)S(=O)(=O)c1ccc(Cl)nc1. The minimum atomic E-state index is -4.23. The van der Waals surface area contributed by atoms with E-state index in [9.17, 15) is 13.2 Å². The number of halogens is 1. The van der Waals surface area contributed by atoms with Crippen LogP contribution < -0.4 is 4.31 Å². The molecule has 0 radical (unpaired) electrons. The van der Waals surface area contributed by atoms with E-state index in [0.29, 0.717) is 4.31 Å². The molecule has 0 saturated heterocycles. The van der Waals surface area contributed by atoms with E-state index in [4.69, 9.17) is 16.3 Å². The van der Waals surface area contributed by atoms with E-state index in [1.165, 1.54) is 23.0 Å². The Morgan fingerprint density at radius 3 is 2.48 bits per heavy atom. The molecular weight excluding hydrogens is 362 g/mol.